The van der Waals surface area contributed by atoms with E-state index in [2.05, 4.69) is 5.32 Å². The van der Waals surface area contributed by atoms with Crippen molar-refractivity contribution in [1.29, 1.82) is 0 Å². The van der Waals surface area contributed by atoms with Crippen molar-refractivity contribution in [3.63, 3.8) is 0 Å². The molecule has 1 aliphatic heterocycles. The molecule has 1 fully saturated rings. The smallest absolute Gasteiger partial charge is 0.337 e. The van der Waals surface area contributed by atoms with E-state index in [1.807, 2.05) is 6.92 Å². The quantitative estimate of drug-likeness (QED) is 0.370. The standard InChI is InChI=1S/C25H20N2O6/c1-14-6-4-5-7-20(14)27-23(29)19(22(28)26-25(27)31)13-17-9-11-21(33-17)18-10-8-16(12-15(18)2)24(30)32-3/h4-13H,1-3H3,(H,26,28,31)/b19-13+. The lowest BCUT2D eigenvalue weighted by Gasteiger charge is -2.27. The summed E-state index contributed by atoms with van der Waals surface area (Å²) in [6.07, 6.45) is 1.30. The van der Waals surface area contributed by atoms with E-state index in [0.717, 1.165) is 16.0 Å². The van der Waals surface area contributed by atoms with Crippen LogP contribution < -0.4 is 10.2 Å². The van der Waals surface area contributed by atoms with Gasteiger partial charge >= 0.3 is 12.0 Å². The molecule has 33 heavy (non-hydrogen) atoms. The molecule has 8 heteroatoms. The number of para-hydroxylation sites is 1. The fourth-order valence-corrected chi connectivity index (χ4v) is 3.59. The Hall–Kier alpha value is -4.46. The molecule has 0 radical (unpaired) electrons. The normalized spacial score (nSPS) is 15.1. The van der Waals surface area contributed by atoms with Gasteiger partial charge in [-0.3, -0.25) is 14.9 Å². The van der Waals surface area contributed by atoms with Gasteiger partial charge in [0.2, 0.25) is 0 Å². The largest absolute Gasteiger partial charge is 0.465 e. The van der Waals surface area contributed by atoms with E-state index in [1.54, 1.807) is 61.5 Å². The summed E-state index contributed by atoms with van der Waals surface area (Å²) in [5, 5.41) is 2.20. The van der Waals surface area contributed by atoms with Crippen LogP contribution in [0.2, 0.25) is 0 Å². The molecule has 0 spiro atoms. The minimum Gasteiger partial charge on any atom is -0.465 e. The number of benzene rings is 2. The molecular weight excluding hydrogens is 424 g/mol. The summed E-state index contributed by atoms with van der Waals surface area (Å²) in [4.78, 5) is 50.5. The maximum Gasteiger partial charge on any atom is 0.337 e. The molecule has 8 nitrogen and oxygen atoms in total. The predicted molar refractivity (Wildman–Crippen MR) is 120 cm³/mol. The number of hydrogen-bond acceptors (Lipinski definition) is 6. The number of esters is 1. The summed E-state index contributed by atoms with van der Waals surface area (Å²) in [7, 11) is 1.31. The van der Waals surface area contributed by atoms with Crippen LogP contribution in [0.25, 0.3) is 17.4 Å². The minimum atomic E-state index is -0.807. The van der Waals surface area contributed by atoms with Crippen molar-refractivity contribution >= 4 is 35.6 Å². The van der Waals surface area contributed by atoms with E-state index in [9.17, 15) is 19.2 Å². The number of ether oxygens (including phenoxy) is 1. The third-order valence-electron chi connectivity index (χ3n) is 5.28. The lowest BCUT2D eigenvalue weighted by atomic mass is 10.0. The highest BCUT2D eigenvalue weighted by Crippen LogP contribution is 2.29. The number of urea groups is 1. The van der Waals surface area contributed by atoms with Gasteiger partial charge in [-0.1, -0.05) is 24.3 Å². The molecule has 1 aromatic heterocycles. The number of nitrogens with one attached hydrogen (secondary N) is 1. The van der Waals surface area contributed by atoms with Crippen LogP contribution in [0.4, 0.5) is 10.5 Å². The fourth-order valence-electron chi connectivity index (χ4n) is 3.59. The average Bonchev–Trinajstić information content (AvgIpc) is 3.25. The van der Waals surface area contributed by atoms with Crippen LogP contribution >= 0.6 is 0 Å². The highest BCUT2D eigenvalue weighted by Gasteiger charge is 2.37. The van der Waals surface area contributed by atoms with Gasteiger partial charge in [-0.15, -0.1) is 0 Å². The Morgan fingerprint density at radius 1 is 1.00 bits per heavy atom. The van der Waals surface area contributed by atoms with E-state index < -0.39 is 23.8 Å². The van der Waals surface area contributed by atoms with Gasteiger partial charge in [0.15, 0.2) is 0 Å². The first-order chi connectivity index (χ1) is 15.8. The van der Waals surface area contributed by atoms with Crippen LogP contribution in [-0.2, 0) is 14.3 Å². The number of amides is 4. The Bertz CT molecular complexity index is 1330. The number of barbiturate groups is 1. The first-order valence-corrected chi connectivity index (χ1v) is 10.1. The first-order valence-electron chi connectivity index (χ1n) is 10.1. The number of carbonyl (C=O) groups excluding carboxylic acids is 4. The third kappa shape index (κ3) is 4.06. The zero-order valence-electron chi connectivity index (χ0n) is 18.2. The molecule has 1 aliphatic rings. The molecular formula is C25H20N2O6. The highest BCUT2D eigenvalue weighted by molar-refractivity contribution is 6.39. The number of aryl methyl sites for hydroxylation is 2. The van der Waals surface area contributed by atoms with Crippen LogP contribution in [0.5, 0.6) is 0 Å². The number of furan rings is 1. The van der Waals surface area contributed by atoms with Crippen LogP contribution in [0.3, 0.4) is 0 Å². The Balaban J connectivity index is 1.66. The van der Waals surface area contributed by atoms with E-state index in [1.165, 1.54) is 13.2 Å². The van der Waals surface area contributed by atoms with E-state index in [-0.39, 0.29) is 11.3 Å². The molecule has 4 rings (SSSR count). The highest BCUT2D eigenvalue weighted by atomic mass is 16.5. The number of carbonyl (C=O) groups is 4. The van der Waals surface area contributed by atoms with Crippen molar-refractivity contribution < 1.29 is 28.3 Å². The van der Waals surface area contributed by atoms with Crippen LogP contribution in [0.15, 0.2) is 64.6 Å². The number of hydrogen-bond donors (Lipinski definition) is 1. The van der Waals surface area contributed by atoms with Gasteiger partial charge in [-0.05, 0) is 61.4 Å². The van der Waals surface area contributed by atoms with Crippen LogP contribution in [-0.4, -0.2) is 30.9 Å². The monoisotopic (exact) mass is 444 g/mol. The van der Waals surface area contributed by atoms with Gasteiger partial charge in [0.05, 0.1) is 18.4 Å². The topological polar surface area (TPSA) is 106 Å². The van der Waals surface area contributed by atoms with Crippen molar-refractivity contribution in [2.75, 3.05) is 12.0 Å². The molecule has 0 unspecified atom stereocenters. The number of nitrogens with zero attached hydrogens (tertiary/aromatic N) is 1. The molecule has 2 heterocycles. The summed E-state index contributed by atoms with van der Waals surface area (Å²) in [6.45, 7) is 3.59. The molecule has 166 valence electrons. The van der Waals surface area contributed by atoms with Crippen molar-refractivity contribution in [2.24, 2.45) is 0 Å². The van der Waals surface area contributed by atoms with Crippen LogP contribution in [0.1, 0.15) is 27.2 Å². The molecule has 3 aromatic rings. The second-order valence-electron chi connectivity index (χ2n) is 7.47. The number of methoxy groups -OCH3 is 1. The Morgan fingerprint density at radius 3 is 2.45 bits per heavy atom. The van der Waals surface area contributed by atoms with Gasteiger partial charge in [0.1, 0.15) is 17.1 Å². The SMILES string of the molecule is COC(=O)c1ccc(-c2ccc(/C=C3\C(=O)NC(=O)N(c4ccccc4C)C3=O)o2)c(C)c1. The maximum absolute atomic E-state index is 13.1. The molecule has 0 aliphatic carbocycles. The second-order valence-corrected chi connectivity index (χ2v) is 7.47. The van der Waals surface area contributed by atoms with Crippen molar-refractivity contribution in [3.05, 3.63) is 82.6 Å². The van der Waals surface area contributed by atoms with Crippen molar-refractivity contribution in [2.45, 2.75) is 13.8 Å². The zero-order valence-corrected chi connectivity index (χ0v) is 18.2. The number of rotatable bonds is 4. The van der Waals surface area contributed by atoms with E-state index in [4.69, 9.17) is 9.15 Å². The Kier molecular flexibility index (Phi) is 5.66. The van der Waals surface area contributed by atoms with Gasteiger partial charge < -0.3 is 9.15 Å². The lowest BCUT2D eigenvalue weighted by molar-refractivity contribution is -0.122. The molecule has 0 atom stereocenters. The van der Waals surface area contributed by atoms with Gasteiger partial charge in [-0.2, -0.15) is 0 Å². The molecule has 0 saturated carbocycles. The Morgan fingerprint density at radius 2 is 1.76 bits per heavy atom. The number of imide groups is 2. The molecule has 2 aromatic carbocycles. The molecule has 1 saturated heterocycles. The average molecular weight is 444 g/mol. The zero-order chi connectivity index (χ0) is 23.7. The summed E-state index contributed by atoms with van der Waals surface area (Å²) < 4.78 is 10.6. The fraction of sp³-hybridized carbons (Fsp3) is 0.120. The molecule has 1 N–H and O–H groups in total. The predicted octanol–water partition coefficient (Wildman–Crippen LogP) is 4.02. The van der Waals surface area contributed by atoms with Gasteiger partial charge in [0.25, 0.3) is 11.8 Å². The lowest BCUT2D eigenvalue weighted by Crippen LogP contribution is -2.54. The van der Waals surface area contributed by atoms with Crippen molar-refractivity contribution in [1.82, 2.24) is 5.32 Å². The summed E-state index contributed by atoms with van der Waals surface area (Å²) in [5.41, 5.74) is 2.81. The molecule has 0 bridgehead atoms. The summed E-state index contributed by atoms with van der Waals surface area (Å²) in [5.74, 6) is -1.23. The Labute approximate surface area is 189 Å². The van der Waals surface area contributed by atoms with Gasteiger partial charge in [-0.25, -0.2) is 14.5 Å². The van der Waals surface area contributed by atoms with Crippen molar-refractivity contribution in [3.8, 4) is 11.3 Å². The van der Waals surface area contributed by atoms with E-state index >= 15 is 0 Å². The van der Waals surface area contributed by atoms with Gasteiger partial charge in [0, 0.05) is 5.56 Å². The van der Waals surface area contributed by atoms with E-state index in [0.29, 0.717) is 22.6 Å². The first kappa shape index (κ1) is 21.8. The summed E-state index contributed by atoms with van der Waals surface area (Å²) >= 11 is 0. The maximum atomic E-state index is 13.1. The summed E-state index contributed by atoms with van der Waals surface area (Å²) in [6, 6.07) is 14.4. The molecule has 4 amide bonds. The third-order valence-corrected chi connectivity index (χ3v) is 5.28. The van der Waals surface area contributed by atoms with Crippen LogP contribution in [0, 0.1) is 13.8 Å². The number of anilines is 1. The second kappa shape index (κ2) is 8.58. The minimum absolute atomic E-state index is 0.225.